The number of rotatable bonds is 4. The van der Waals surface area contributed by atoms with Crippen molar-refractivity contribution in [2.45, 2.75) is 38.5 Å². The molecule has 4 heteroatoms. The van der Waals surface area contributed by atoms with Crippen LogP contribution in [0.25, 0.3) is 0 Å². The predicted octanol–water partition coefficient (Wildman–Crippen LogP) is 3.32. The number of nitrogens with zero attached hydrogens (tertiary/aromatic N) is 1. The molecular weight excluding hydrogens is 233 g/mol. The van der Waals surface area contributed by atoms with Crippen molar-refractivity contribution < 1.29 is 13.9 Å². The van der Waals surface area contributed by atoms with Crippen LogP contribution in [0.5, 0.6) is 0 Å². The molecule has 1 aliphatic carbocycles. The number of benzene rings is 1. The third kappa shape index (κ3) is 2.63. The zero-order valence-corrected chi connectivity index (χ0v) is 10.7. The van der Waals surface area contributed by atoms with Crippen LogP contribution < -0.4 is 0 Å². The Morgan fingerprint density at radius 1 is 1.50 bits per heavy atom. The number of hydrogen-bond donors (Lipinski definition) is 0. The Labute approximate surface area is 107 Å². The molecule has 0 aromatic heterocycles. The molecule has 3 nitrogen and oxygen atoms in total. The van der Waals surface area contributed by atoms with Gasteiger partial charge in [-0.3, -0.25) is 4.90 Å². The van der Waals surface area contributed by atoms with E-state index in [9.17, 15) is 9.18 Å². The molecule has 3 atom stereocenters. The Balaban J connectivity index is 2.16. The highest BCUT2D eigenvalue weighted by Gasteiger charge is 2.47. The molecule has 18 heavy (non-hydrogen) atoms. The smallest absolute Gasteiger partial charge is 0.410 e. The van der Waals surface area contributed by atoms with Gasteiger partial charge in [-0.2, -0.15) is 0 Å². The number of alkyl halides is 1. The lowest BCUT2D eigenvalue weighted by molar-refractivity contribution is 0.0856. The fourth-order valence-corrected chi connectivity index (χ4v) is 2.11. The number of amides is 1. The van der Waals surface area contributed by atoms with Crippen LogP contribution >= 0.6 is 0 Å². The van der Waals surface area contributed by atoms with E-state index in [0.29, 0.717) is 13.0 Å². The van der Waals surface area contributed by atoms with Gasteiger partial charge in [-0.25, -0.2) is 9.18 Å². The molecule has 1 aromatic carbocycles. The summed E-state index contributed by atoms with van der Waals surface area (Å²) < 4.78 is 18.3. The van der Waals surface area contributed by atoms with Crippen LogP contribution in [-0.2, 0) is 4.74 Å². The van der Waals surface area contributed by atoms with Gasteiger partial charge in [0.15, 0.2) is 0 Å². The van der Waals surface area contributed by atoms with Crippen LogP contribution in [0, 0.1) is 0 Å². The second-order valence-electron chi connectivity index (χ2n) is 4.51. The molecule has 1 saturated carbocycles. The van der Waals surface area contributed by atoms with Gasteiger partial charge in [-0.1, -0.05) is 30.3 Å². The molecule has 0 saturated heterocycles. The minimum absolute atomic E-state index is 0.170. The van der Waals surface area contributed by atoms with Crippen LogP contribution in [0.3, 0.4) is 0 Å². The monoisotopic (exact) mass is 251 g/mol. The van der Waals surface area contributed by atoms with Crippen LogP contribution in [-0.4, -0.2) is 29.8 Å². The first-order valence-electron chi connectivity index (χ1n) is 6.29. The van der Waals surface area contributed by atoms with Gasteiger partial charge in [0.05, 0.1) is 18.7 Å². The predicted molar refractivity (Wildman–Crippen MR) is 67.0 cm³/mol. The standard InChI is InChI=1S/C14H18FNO2/c1-3-18-14(17)16(13-9-12(13)15)10(2)11-7-5-4-6-8-11/h4-8,10,12-13H,3,9H2,1-2H3/t10?,12-,13+/m0/s1. The number of halogens is 1. The van der Waals surface area contributed by atoms with Crippen LogP contribution in [0.15, 0.2) is 30.3 Å². The van der Waals surface area contributed by atoms with Crippen molar-refractivity contribution in [1.29, 1.82) is 0 Å². The van der Waals surface area contributed by atoms with Gasteiger partial charge in [0.2, 0.25) is 0 Å². The highest BCUT2D eigenvalue weighted by Crippen LogP contribution is 2.37. The van der Waals surface area contributed by atoms with Gasteiger partial charge in [0.25, 0.3) is 0 Å². The van der Waals surface area contributed by atoms with Crippen molar-refractivity contribution in [3.8, 4) is 0 Å². The molecule has 1 aliphatic rings. The quantitative estimate of drug-likeness (QED) is 0.821. The number of ether oxygens (including phenoxy) is 1. The van der Waals surface area contributed by atoms with Crippen molar-refractivity contribution in [2.75, 3.05) is 6.61 Å². The molecule has 0 N–H and O–H groups in total. The van der Waals surface area contributed by atoms with Crippen LogP contribution in [0.1, 0.15) is 31.9 Å². The molecule has 0 heterocycles. The van der Waals surface area contributed by atoms with E-state index in [1.807, 2.05) is 37.3 Å². The van der Waals surface area contributed by atoms with E-state index >= 15 is 0 Å². The fraction of sp³-hybridized carbons (Fsp3) is 0.500. The minimum Gasteiger partial charge on any atom is -0.450 e. The summed E-state index contributed by atoms with van der Waals surface area (Å²) in [5, 5.41) is 0. The molecule has 1 fully saturated rings. The Kier molecular flexibility index (Phi) is 3.84. The average molecular weight is 251 g/mol. The molecule has 2 rings (SSSR count). The van der Waals surface area contributed by atoms with Gasteiger partial charge < -0.3 is 4.74 Å². The summed E-state index contributed by atoms with van der Waals surface area (Å²) in [4.78, 5) is 13.4. The highest BCUT2D eigenvalue weighted by molar-refractivity contribution is 5.69. The van der Waals surface area contributed by atoms with Crippen LogP contribution in [0.2, 0.25) is 0 Å². The van der Waals surface area contributed by atoms with Gasteiger partial charge in [0.1, 0.15) is 6.17 Å². The molecule has 1 unspecified atom stereocenters. The van der Waals surface area contributed by atoms with E-state index in [-0.39, 0.29) is 12.1 Å². The van der Waals surface area contributed by atoms with E-state index in [0.717, 1.165) is 5.56 Å². The maximum absolute atomic E-state index is 13.3. The average Bonchev–Trinajstić information content (AvgIpc) is 3.07. The zero-order chi connectivity index (χ0) is 13.1. The minimum atomic E-state index is -0.916. The molecule has 0 bridgehead atoms. The second kappa shape index (κ2) is 5.38. The highest BCUT2D eigenvalue weighted by atomic mass is 19.1. The number of hydrogen-bond acceptors (Lipinski definition) is 2. The SMILES string of the molecule is CCOC(=O)N(C(C)c1ccccc1)[C@@H]1C[C@@H]1F. The summed E-state index contributed by atoms with van der Waals surface area (Å²) in [6.45, 7) is 3.96. The Bertz CT molecular complexity index is 410. The lowest BCUT2D eigenvalue weighted by atomic mass is 10.1. The molecule has 0 spiro atoms. The third-order valence-corrected chi connectivity index (χ3v) is 3.22. The van der Waals surface area contributed by atoms with Crippen molar-refractivity contribution in [2.24, 2.45) is 0 Å². The molecule has 1 aromatic rings. The van der Waals surface area contributed by atoms with Gasteiger partial charge in [-0.15, -0.1) is 0 Å². The zero-order valence-electron chi connectivity index (χ0n) is 10.7. The summed E-state index contributed by atoms with van der Waals surface area (Å²) in [5.74, 6) is 0. The van der Waals surface area contributed by atoms with Gasteiger partial charge in [0, 0.05) is 6.42 Å². The first-order valence-corrected chi connectivity index (χ1v) is 6.29. The van der Waals surface area contributed by atoms with E-state index in [4.69, 9.17) is 4.74 Å². The first-order chi connectivity index (χ1) is 8.65. The largest absolute Gasteiger partial charge is 0.450 e. The molecule has 0 aliphatic heterocycles. The maximum Gasteiger partial charge on any atom is 0.410 e. The number of carbonyl (C=O) groups excluding carboxylic acids is 1. The molecular formula is C14H18FNO2. The van der Waals surface area contributed by atoms with Crippen molar-refractivity contribution >= 4 is 6.09 Å². The maximum atomic E-state index is 13.3. The van der Waals surface area contributed by atoms with Crippen LogP contribution in [0.4, 0.5) is 9.18 Å². The summed E-state index contributed by atoms with van der Waals surface area (Å²) in [6.07, 6.45) is -0.935. The first kappa shape index (κ1) is 12.9. The van der Waals surface area contributed by atoms with Crippen molar-refractivity contribution in [3.63, 3.8) is 0 Å². The van der Waals surface area contributed by atoms with Gasteiger partial charge in [-0.05, 0) is 19.4 Å². The summed E-state index contributed by atoms with van der Waals surface area (Å²) >= 11 is 0. The van der Waals surface area contributed by atoms with E-state index in [1.54, 1.807) is 6.92 Å². The Morgan fingerprint density at radius 2 is 2.11 bits per heavy atom. The lowest BCUT2D eigenvalue weighted by Crippen LogP contribution is -2.37. The third-order valence-electron chi connectivity index (χ3n) is 3.22. The summed E-state index contributed by atoms with van der Waals surface area (Å²) in [6, 6.07) is 9.11. The molecule has 0 radical (unpaired) electrons. The normalized spacial score (nSPS) is 23.3. The van der Waals surface area contributed by atoms with E-state index in [2.05, 4.69) is 0 Å². The number of carbonyl (C=O) groups is 1. The topological polar surface area (TPSA) is 29.5 Å². The molecule has 98 valence electrons. The van der Waals surface area contributed by atoms with Crippen molar-refractivity contribution in [3.05, 3.63) is 35.9 Å². The summed E-state index contributed by atoms with van der Waals surface area (Å²) in [5.41, 5.74) is 0.990. The molecule has 1 amide bonds. The van der Waals surface area contributed by atoms with Gasteiger partial charge >= 0.3 is 6.09 Å². The Hall–Kier alpha value is -1.58. The van der Waals surface area contributed by atoms with E-state index in [1.165, 1.54) is 4.90 Å². The van der Waals surface area contributed by atoms with Crippen molar-refractivity contribution in [1.82, 2.24) is 4.90 Å². The van der Waals surface area contributed by atoms with E-state index < -0.39 is 12.3 Å². The Morgan fingerprint density at radius 3 is 2.61 bits per heavy atom. The second-order valence-corrected chi connectivity index (χ2v) is 4.51. The lowest BCUT2D eigenvalue weighted by Gasteiger charge is -2.28. The summed E-state index contributed by atoms with van der Waals surface area (Å²) in [7, 11) is 0. The fourth-order valence-electron chi connectivity index (χ4n) is 2.11.